The molecule has 0 spiro atoms. The summed E-state index contributed by atoms with van der Waals surface area (Å²) in [7, 11) is -2.90. The van der Waals surface area contributed by atoms with Gasteiger partial charge in [-0.15, -0.1) is 0 Å². The Morgan fingerprint density at radius 3 is 0.936 bits per heavy atom. The quantitative estimate of drug-likeness (QED) is 0.0920. The molecule has 0 saturated carbocycles. The van der Waals surface area contributed by atoms with Gasteiger partial charge in [-0.25, -0.2) is 0 Å². The number of furan rings is 3. The molecule has 0 aliphatic heterocycles. The highest BCUT2D eigenvalue weighted by atomic mass is 127. The summed E-state index contributed by atoms with van der Waals surface area (Å²) < 4.78 is 23.3. The molecule has 0 bridgehead atoms. The van der Waals surface area contributed by atoms with E-state index in [0.717, 1.165) is 128 Å². The summed E-state index contributed by atoms with van der Waals surface area (Å²) in [5, 5.41) is 68.3. The van der Waals surface area contributed by atoms with Crippen molar-refractivity contribution in [1.82, 2.24) is 0 Å². The van der Waals surface area contributed by atoms with Crippen molar-refractivity contribution in [2.45, 2.75) is 14.9 Å². The van der Waals surface area contributed by atoms with Crippen LogP contribution >= 0.6 is 86.3 Å². The van der Waals surface area contributed by atoms with E-state index in [-0.39, 0.29) is 14.9 Å². The molecule has 94 heavy (non-hydrogen) atoms. The van der Waals surface area contributed by atoms with Crippen molar-refractivity contribution in [2.24, 2.45) is 0 Å². The Labute approximate surface area is 591 Å². The van der Waals surface area contributed by atoms with Gasteiger partial charge in [0.2, 0.25) is 0 Å². The molecule has 0 saturated heterocycles. The summed E-state index contributed by atoms with van der Waals surface area (Å²) >= 11 is 15.9. The average Bonchev–Trinajstić information content (AvgIpc) is 1.55. The van der Waals surface area contributed by atoms with Gasteiger partial charge in [0.05, 0.1) is 34.9 Å². The zero-order chi connectivity index (χ0) is 64.4. The zero-order valence-electron chi connectivity index (χ0n) is 48.1. The molecule has 0 aliphatic carbocycles. The van der Waals surface area contributed by atoms with E-state index in [1.54, 1.807) is 18.2 Å². The van der Waals surface area contributed by atoms with Gasteiger partial charge in [-0.3, -0.25) is 0 Å². The largest absolute Gasteiger partial charge is 0.488 e. The molecule has 4 N–H and O–H groups in total. The van der Waals surface area contributed by atoms with Crippen LogP contribution in [0.15, 0.2) is 286 Å². The van der Waals surface area contributed by atoms with Crippen LogP contribution in [-0.2, 0) is 0 Å². The van der Waals surface area contributed by atoms with Crippen molar-refractivity contribution in [3.8, 4) is 62.7 Å². The van der Waals surface area contributed by atoms with Crippen LogP contribution in [0.5, 0.6) is 0 Å². The van der Waals surface area contributed by atoms with Gasteiger partial charge < -0.3 is 33.3 Å². The molecule has 17 heteroatoms. The number of hydrogen-bond acceptors (Lipinski definition) is 10. The molecule has 0 amide bonds. The van der Waals surface area contributed by atoms with Crippen LogP contribution in [-0.4, -0.2) is 34.3 Å². The molecule has 15 rings (SSSR count). The average molecular weight is 1600 g/mol. The Bertz CT molecular complexity index is 5110. The lowest BCUT2D eigenvalue weighted by molar-refractivity contribution is 0.424. The number of fused-ring (bicyclic) bond motifs is 9. The van der Waals surface area contributed by atoms with Crippen molar-refractivity contribution in [2.75, 3.05) is 0 Å². The van der Waals surface area contributed by atoms with E-state index >= 15 is 0 Å². The summed E-state index contributed by atoms with van der Waals surface area (Å²) in [6.07, 6.45) is 0. The normalized spacial score (nSPS) is 10.4. The minimum atomic E-state index is -1.46. The fourth-order valence-corrected chi connectivity index (χ4v) is 14.4. The summed E-state index contributed by atoms with van der Waals surface area (Å²) in [6.45, 7) is 0. The maximum atomic E-state index is 9.31. The molecule has 0 atom stereocenters. The minimum Gasteiger partial charge on any atom is -0.456 e. The molecule has 12 aromatic carbocycles. The monoisotopic (exact) mass is 1600 g/mol. The lowest BCUT2D eigenvalue weighted by atomic mass is 9.80. The van der Waals surface area contributed by atoms with E-state index in [1.807, 2.05) is 140 Å². The molecule has 0 aliphatic rings. The Balaban J connectivity index is 0.000000159. The molecule has 10 nitrogen and oxygen atoms in total. The molecule has 0 fully saturated rings. The van der Waals surface area contributed by atoms with Gasteiger partial charge in [0.1, 0.15) is 33.5 Å². The van der Waals surface area contributed by atoms with Gasteiger partial charge in [0.15, 0.2) is 0 Å². The molecular weight excluding hydrogens is 1550 g/mol. The third-order valence-corrected chi connectivity index (χ3v) is 17.2. The predicted molar refractivity (Wildman–Crippen MR) is 407 cm³/mol. The van der Waals surface area contributed by atoms with Gasteiger partial charge in [0.25, 0.3) is 0 Å². The fraction of sp³-hybridized carbons (Fsp3) is 0.0260. The van der Waals surface area contributed by atoms with Crippen LogP contribution < -0.4 is 10.9 Å². The van der Waals surface area contributed by atoms with Crippen LogP contribution in [0.2, 0.25) is 0 Å². The van der Waals surface area contributed by atoms with Crippen LogP contribution in [0.1, 0.15) is 31.5 Å². The van der Waals surface area contributed by atoms with Crippen molar-refractivity contribution in [1.29, 1.82) is 15.8 Å². The van der Waals surface area contributed by atoms with E-state index in [9.17, 15) is 5.26 Å². The molecule has 3 aromatic heterocycles. The second-order valence-corrected chi connectivity index (χ2v) is 25.8. The first-order valence-corrected chi connectivity index (χ1v) is 32.6. The predicted octanol–water partition coefficient (Wildman–Crippen LogP) is 20.7. The summed E-state index contributed by atoms with van der Waals surface area (Å²) in [6, 6.07) is 88.5. The van der Waals surface area contributed by atoms with Crippen molar-refractivity contribution >= 4 is 177 Å². The summed E-state index contributed by atoms with van der Waals surface area (Å²) in [4.78, 5) is 0. The first-order valence-electron chi connectivity index (χ1n) is 28.3. The van der Waals surface area contributed by atoms with E-state index < -0.39 is 14.2 Å². The maximum Gasteiger partial charge on any atom is 0.488 e. The van der Waals surface area contributed by atoms with Gasteiger partial charge in [0, 0.05) is 53.8 Å². The first kappa shape index (κ1) is 69.5. The van der Waals surface area contributed by atoms with E-state index in [1.165, 1.54) is 27.8 Å². The van der Waals surface area contributed by atoms with Gasteiger partial charge in [-0.1, -0.05) is 194 Å². The summed E-state index contributed by atoms with van der Waals surface area (Å²) in [5.41, 5.74) is 16.6. The Morgan fingerprint density at radius 2 is 0.574 bits per heavy atom. The number of nitriles is 3. The number of halogens is 5. The van der Waals surface area contributed by atoms with Gasteiger partial charge in [-0.2, -0.15) is 15.8 Å². The molecular formula is C77H54B2Br4IN3O7. The molecule has 460 valence electrons. The first-order chi connectivity index (χ1) is 44.6. The fourth-order valence-electron chi connectivity index (χ4n) is 10.3. The molecule has 0 unspecified atom stereocenters. The van der Waals surface area contributed by atoms with Crippen LogP contribution in [0, 0.1) is 37.6 Å². The van der Waals surface area contributed by atoms with E-state index in [2.05, 4.69) is 177 Å². The molecule has 3 heterocycles. The highest BCUT2D eigenvalue weighted by Gasteiger charge is 2.16. The second-order valence-electron chi connectivity index (χ2n) is 20.9. The SMILES string of the molecule is Brc1cc(Br)cc(I)c1.C.C.N#Cc1ccc(-c2cc(-c3ccc4oc5ccccc5c4c3)cc(-c3ccc4oc5ccccc5c4c3)c2)cc1.N#Cc1ccc(-c2cc(Br)cc(Br)c2)cc1.N#Cc1ccc(B(O)O)cc1.OB(O)c1ccc2oc3ccccc3c2c1. The zero-order valence-corrected chi connectivity index (χ0v) is 56.6. The number of benzene rings is 12. The Hall–Kier alpha value is -8.87. The third kappa shape index (κ3) is 16.7. The lowest BCUT2D eigenvalue weighted by Crippen LogP contribution is -2.29. The van der Waals surface area contributed by atoms with Crippen molar-refractivity contribution in [3.05, 3.63) is 293 Å². The number of rotatable bonds is 6. The van der Waals surface area contributed by atoms with E-state index in [4.69, 9.17) is 43.9 Å². The minimum absolute atomic E-state index is 0. The van der Waals surface area contributed by atoms with Crippen molar-refractivity contribution < 1.29 is 33.3 Å². The topological polar surface area (TPSA) is 192 Å². The van der Waals surface area contributed by atoms with Crippen LogP contribution in [0.3, 0.4) is 0 Å². The van der Waals surface area contributed by atoms with Crippen molar-refractivity contribution in [3.63, 3.8) is 0 Å². The lowest BCUT2D eigenvalue weighted by Gasteiger charge is -2.12. The summed E-state index contributed by atoms with van der Waals surface area (Å²) in [5.74, 6) is 0. The number of hydrogen-bond donors (Lipinski definition) is 4. The standard InChI is InChI=1S/C37H21NO2.C13H7Br2N.C12H9BO3.C7H6BNO2.C6H3Br2I.2CH4/c38-22-23-9-11-24(12-10-23)27-17-28(25-13-15-36-32(20-25)30-5-1-3-7-34(30)39-36)19-29(18-27)26-14-16-37-33(21-26)31-6-2-4-8-35(31)40-37;14-12-5-11(6-13(15)7-12)10-3-1-9(8-16)2-4-10;14-13(15)8-5-6-12-10(7-8)9-3-1-2-4-11(9)16-12;9-5-6-1-3-7(4-2-6)8(10)11;7-4-1-5(8)3-6(9)2-4;;/h1-21H;1-7H;1-7,14-15H;1-4,10-11H;1-3H;2*1H4. The van der Waals surface area contributed by atoms with Gasteiger partial charge >= 0.3 is 14.2 Å². The van der Waals surface area contributed by atoms with Crippen LogP contribution in [0.4, 0.5) is 0 Å². The number of para-hydroxylation sites is 3. The second kappa shape index (κ2) is 31.8. The maximum absolute atomic E-state index is 9.31. The Morgan fingerprint density at radius 1 is 0.287 bits per heavy atom. The molecule has 0 radical (unpaired) electrons. The Kier molecular flexibility index (Phi) is 23.5. The highest BCUT2D eigenvalue weighted by Crippen LogP contribution is 2.39. The highest BCUT2D eigenvalue weighted by molar-refractivity contribution is 14.1. The number of nitrogens with zero attached hydrogens (tertiary/aromatic N) is 3. The molecule has 15 aromatic rings. The van der Waals surface area contributed by atoms with Crippen LogP contribution in [0.25, 0.3) is 110 Å². The third-order valence-electron chi connectivity index (χ3n) is 14.8. The van der Waals surface area contributed by atoms with E-state index in [0.29, 0.717) is 27.6 Å². The smallest absolute Gasteiger partial charge is 0.456 e. The van der Waals surface area contributed by atoms with Gasteiger partial charge in [-0.05, 0) is 218 Å².